The maximum Gasteiger partial charge on any atom is 0.320 e. The van der Waals surface area contributed by atoms with Gasteiger partial charge in [0.1, 0.15) is 0 Å². The van der Waals surface area contributed by atoms with E-state index in [1.54, 1.807) is 20.8 Å². The van der Waals surface area contributed by atoms with Crippen LogP contribution in [0.3, 0.4) is 0 Å². The van der Waals surface area contributed by atoms with Gasteiger partial charge in [-0.15, -0.1) is 0 Å². The first-order valence-electron chi connectivity index (χ1n) is 4.51. The molecule has 0 fully saturated rings. The highest BCUT2D eigenvalue weighted by molar-refractivity contribution is 7.90. The van der Waals surface area contributed by atoms with Crippen LogP contribution in [-0.2, 0) is 19.6 Å². The van der Waals surface area contributed by atoms with Gasteiger partial charge in [0.15, 0.2) is 5.75 Å². The van der Waals surface area contributed by atoms with Crippen molar-refractivity contribution in [2.75, 3.05) is 18.9 Å². The molecule has 0 aromatic rings. The van der Waals surface area contributed by atoms with E-state index >= 15 is 0 Å². The highest BCUT2D eigenvalue weighted by Crippen LogP contribution is 2.07. The van der Waals surface area contributed by atoms with E-state index in [0.29, 0.717) is 6.61 Å². The summed E-state index contributed by atoms with van der Waals surface area (Å²) in [5.74, 6) is -2.30. The lowest BCUT2D eigenvalue weighted by Crippen LogP contribution is -2.42. The Bertz CT molecular complexity index is 309. The van der Waals surface area contributed by atoms with E-state index in [-0.39, 0.29) is 6.54 Å². The van der Waals surface area contributed by atoms with Gasteiger partial charge in [-0.3, -0.25) is 4.79 Å². The third-order valence-corrected chi connectivity index (χ3v) is 2.78. The molecule has 0 bridgehead atoms. The van der Waals surface area contributed by atoms with Gasteiger partial charge in [0.05, 0.1) is 5.60 Å². The van der Waals surface area contributed by atoms with Crippen molar-refractivity contribution in [3.05, 3.63) is 0 Å². The van der Waals surface area contributed by atoms with Crippen molar-refractivity contribution >= 4 is 16.0 Å². The molecule has 0 aromatic heterocycles. The van der Waals surface area contributed by atoms with Crippen LogP contribution in [0.2, 0.25) is 0 Å². The molecular formula is C8H17NO5S. The summed E-state index contributed by atoms with van der Waals surface area (Å²) in [6, 6.07) is 0. The number of nitrogens with one attached hydrogen (secondary N) is 1. The average Bonchev–Trinajstić information content (AvgIpc) is 1.99. The Morgan fingerprint density at radius 1 is 1.47 bits per heavy atom. The largest absolute Gasteiger partial charge is 0.480 e. The molecule has 0 rings (SSSR count). The third kappa shape index (κ3) is 7.29. The quantitative estimate of drug-likeness (QED) is 0.642. The Labute approximate surface area is 89.7 Å². The van der Waals surface area contributed by atoms with E-state index in [4.69, 9.17) is 9.84 Å². The molecule has 0 saturated heterocycles. The van der Waals surface area contributed by atoms with Gasteiger partial charge in [0, 0.05) is 13.2 Å². The monoisotopic (exact) mass is 239 g/mol. The first-order chi connectivity index (χ1) is 6.68. The van der Waals surface area contributed by atoms with Gasteiger partial charge >= 0.3 is 5.97 Å². The molecule has 0 aliphatic heterocycles. The van der Waals surface area contributed by atoms with Crippen LogP contribution >= 0.6 is 0 Å². The number of aliphatic carboxylic acids is 1. The summed E-state index contributed by atoms with van der Waals surface area (Å²) in [7, 11) is -3.76. The van der Waals surface area contributed by atoms with Crippen LogP contribution in [0, 0.1) is 0 Å². The van der Waals surface area contributed by atoms with Gasteiger partial charge in [0.25, 0.3) is 0 Å². The first kappa shape index (κ1) is 14.3. The second-order valence-corrected chi connectivity index (χ2v) is 5.47. The first-order valence-corrected chi connectivity index (χ1v) is 6.17. The molecule has 0 aromatic carbocycles. The number of hydrogen-bond acceptors (Lipinski definition) is 4. The Kier molecular flexibility index (Phi) is 5.19. The Balaban J connectivity index is 4.20. The van der Waals surface area contributed by atoms with Gasteiger partial charge in [-0.25, -0.2) is 13.1 Å². The van der Waals surface area contributed by atoms with Crippen molar-refractivity contribution in [2.24, 2.45) is 0 Å². The zero-order valence-corrected chi connectivity index (χ0v) is 9.93. The lowest BCUT2D eigenvalue weighted by Gasteiger charge is -2.24. The number of carboxylic acid groups (broad SMARTS) is 1. The van der Waals surface area contributed by atoms with Crippen LogP contribution in [0.25, 0.3) is 0 Å². The molecule has 0 spiro atoms. The number of carbonyl (C=O) groups is 1. The third-order valence-electron chi connectivity index (χ3n) is 1.57. The topological polar surface area (TPSA) is 92.7 Å². The Morgan fingerprint density at radius 2 is 2.00 bits per heavy atom. The van der Waals surface area contributed by atoms with Crippen molar-refractivity contribution < 1.29 is 23.1 Å². The summed E-state index contributed by atoms with van der Waals surface area (Å²) >= 11 is 0. The summed E-state index contributed by atoms with van der Waals surface area (Å²) < 4.78 is 29.7. The molecule has 90 valence electrons. The molecule has 0 unspecified atom stereocenters. The lowest BCUT2D eigenvalue weighted by molar-refractivity contribution is -0.134. The van der Waals surface area contributed by atoms with Gasteiger partial charge in [-0.1, -0.05) is 0 Å². The van der Waals surface area contributed by atoms with Gasteiger partial charge < -0.3 is 9.84 Å². The minimum absolute atomic E-state index is 0.0520. The van der Waals surface area contributed by atoms with E-state index in [0.717, 1.165) is 0 Å². The predicted octanol–water partition coefficient (Wildman–Crippen LogP) is -0.194. The molecule has 0 atom stereocenters. The zero-order chi connectivity index (χ0) is 12.1. The average molecular weight is 239 g/mol. The van der Waals surface area contributed by atoms with E-state index < -0.39 is 27.3 Å². The number of sulfonamides is 1. The summed E-state index contributed by atoms with van der Waals surface area (Å²) in [4.78, 5) is 10.2. The van der Waals surface area contributed by atoms with Crippen LogP contribution in [0.4, 0.5) is 0 Å². The van der Waals surface area contributed by atoms with Gasteiger partial charge in [-0.05, 0) is 20.8 Å². The van der Waals surface area contributed by atoms with Gasteiger partial charge in [0.2, 0.25) is 10.0 Å². The minimum Gasteiger partial charge on any atom is -0.480 e. The second-order valence-electron chi connectivity index (χ2n) is 3.67. The fourth-order valence-electron chi connectivity index (χ4n) is 0.939. The van der Waals surface area contributed by atoms with Gasteiger partial charge in [-0.2, -0.15) is 0 Å². The summed E-state index contributed by atoms with van der Waals surface area (Å²) in [5.41, 5.74) is -0.639. The smallest absolute Gasteiger partial charge is 0.320 e. The van der Waals surface area contributed by atoms with E-state index in [9.17, 15) is 13.2 Å². The Hall–Kier alpha value is -0.660. The number of ether oxygens (including phenoxy) is 1. The van der Waals surface area contributed by atoms with Crippen molar-refractivity contribution in [3.63, 3.8) is 0 Å². The fourth-order valence-corrected chi connectivity index (χ4v) is 1.93. The Morgan fingerprint density at radius 3 is 2.40 bits per heavy atom. The molecule has 0 aliphatic carbocycles. The molecule has 0 saturated carbocycles. The second kappa shape index (κ2) is 5.43. The summed E-state index contributed by atoms with van der Waals surface area (Å²) in [6.45, 7) is 5.76. The van der Waals surface area contributed by atoms with E-state index in [2.05, 4.69) is 4.72 Å². The lowest BCUT2D eigenvalue weighted by atomic mass is 10.1. The molecule has 15 heavy (non-hydrogen) atoms. The van der Waals surface area contributed by atoms with E-state index in [1.807, 2.05) is 0 Å². The highest BCUT2D eigenvalue weighted by atomic mass is 32.2. The number of hydrogen-bond donors (Lipinski definition) is 2. The number of rotatable bonds is 7. The number of carboxylic acids is 1. The molecule has 7 heteroatoms. The fraction of sp³-hybridized carbons (Fsp3) is 0.875. The highest BCUT2D eigenvalue weighted by Gasteiger charge is 2.22. The van der Waals surface area contributed by atoms with Crippen LogP contribution in [0.1, 0.15) is 20.8 Å². The summed E-state index contributed by atoms with van der Waals surface area (Å²) in [5, 5.41) is 8.33. The van der Waals surface area contributed by atoms with Crippen LogP contribution in [-0.4, -0.2) is 44.0 Å². The zero-order valence-electron chi connectivity index (χ0n) is 9.11. The van der Waals surface area contributed by atoms with Crippen LogP contribution < -0.4 is 4.72 Å². The standard InChI is InChI=1S/C8H17NO5S/c1-4-14-8(2,3)6-9-15(12,13)5-7(10)11/h9H,4-6H2,1-3H3,(H,10,11). The molecule has 0 heterocycles. The van der Waals surface area contributed by atoms with Crippen molar-refractivity contribution in [2.45, 2.75) is 26.4 Å². The molecule has 0 radical (unpaired) electrons. The molecule has 2 N–H and O–H groups in total. The van der Waals surface area contributed by atoms with E-state index in [1.165, 1.54) is 0 Å². The normalized spacial score (nSPS) is 12.7. The summed E-state index contributed by atoms with van der Waals surface area (Å²) in [6.07, 6.45) is 0. The van der Waals surface area contributed by atoms with Crippen molar-refractivity contribution in [1.29, 1.82) is 0 Å². The minimum atomic E-state index is -3.76. The molecule has 0 aliphatic rings. The molecular weight excluding hydrogens is 222 g/mol. The SMILES string of the molecule is CCOC(C)(C)CNS(=O)(=O)CC(=O)O. The van der Waals surface area contributed by atoms with Crippen LogP contribution in [0.15, 0.2) is 0 Å². The van der Waals surface area contributed by atoms with Crippen LogP contribution in [0.5, 0.6) is 0 Å². The molecule has 0 amide bonds. The maximum absolute atomic E-state index is 11.1. The van der Waals surface area contributed by atoms with Crippen molar-refractivity contribution in [1.82, 2.24) is 4.72 Å². The predicted molar refractivity (Wildman–Crippen MR) is 55.1 cm³/mol. The van der Waals surface area contributed by atoms with Crippen molar-refractivity contribution in [3.8, 4) is 0 Å². The molecule has 6 nitrogen and oxygen atoms in total. The maximum atomic E-state index is 11.1.